The number of anilines is 6. The molecule has 0 bridgehead atoms. The Bertz CT molecular complexity index is 3310. The number of hydrogen-bond donors (Lipinski definition) is 0. The van der Waals surface area contributed by atoms with Crippen molar-refractivity contribution in [2.45, 2.75) is 39.5 Å². The van der Waals surface area contributed by atoms with Crippen molar-refractivity contribution >= 4 is 99.5 Å². The van der Waals surface area contributed by atoms with Gasteiger partial charge in [0.15, 0.2) is 0 Å². The third-order valence-electron chi connectivity index (χ3n) is 12.7. The monoisotopic (exact) mass is 836 g/mol. The van der Waals surface area contributed by atoms with Gasteiger partial charge in [-0.1, -0.05) is 76.2 Å². The summed E-state index contributed by atoms with van der Waals surface area (Å²) in [6.07, 6.45) is 0. The minimum absolute atomic E-state index is 0.449. The van der Waals surface area contributed by atoms with Gasteiger partial charge < -0.3 is 28.1 Å². The molecule has 314 valence electrons. The highest BCUT2D eigenvalue weighted by molar-refractivity contribution is 6.18. The summed E-state index contributed by atoms with van der Waals surface area (Å²) in [6.45, 7) is 8.89. The van der Waals surface area contributed by atoms with Crippen LogP contribution in [0.2, 0.25) is 0 Å². The molecule has 0 aliphatic carbocycles. The number of rotatable bonds is 10. The summed E-state index contributed by atoms with van der Waals surface area (Å²) in [4.78, 5) is 4.56. The van der Waals surface area contributed by atoms with Crippen LogP contribution < -0.4 is 19.3 Å². The standard InChI is InChI=1S/C58H48N2O4/c1-35(2)37-13-19-43(20-14-37)59(45-9-7-11-49(31-45)61-5)47-23-17-39-27-51-53-33-58-54(34-57(53)63-55(51)29-41(39)25-47)52-28-40-18-24-48(26-42(40)30-56(52)64-58)60(46-10-8-12-50(32-46)62-6)44-21-15-38(16-22-44)36(3)4/h7-36H,1-6H3. The molecule has 0 aliphatic heterocycles. The minimum Gasteiger partial charge on any atom is -0.497 e. The molecule has 0 N–H and O–H groups in total. The average molecular weight is 837 g/mol. The van der Waals surface area contributed by atoms with Crippen molar-refractivity contribution in [2.75, 3.05) is 24.0 Å². The van der Waals surface area contributed by atoms with E-state index in [0.29, 0.717) is 11.8 Å². The maximum Gasteiger partial charge on any atom is 0.136 e. The summed E-state index contributed by atoms with van der Waals surface area (Å²) in [5.41, 5.74) is 12.2. The highest BCUT2D eigenvalue weighted by Gasteiger charge is 2.19. The first-order chi connectivity index (χ1) is 31.2. The number of ether oxygens (including phenoxy) is 2. The smallest absolute Gasteiger partial charge is 0.136 e. The van der Waals surface area contributed by atoms with Gasteiger partial charge in [-0.2, -0.15) is 0 Å². The van der Waals surface area contributed by atoms with E-state index in [1.807, 2.05) is 24.3 Å². The van der Waals surface area contributed by atoms with Gasteiger partial charge in [0.05, 0.1) is 14.2 Å². The summed E-state index contributed by atoms with van der Waals surface area (Å²) >= 11 is 0. The molecule has 6 nitrogen and oxygen atoms in total. The van der Waals surface area contributed by atoms with Crippen molar-refractivity contribution in [3.8, 4) is 11.5 Å². The molecule has 0 saturated heterocycles. The van der Waals surface area contributed by atoms with Gasteiger partial charge in [-0.05, 0) is 154 Å². The topological polar surface area (TPSA) is 51.2 Å². The summed E-state index contributed by atoms with van der Waals surface area (Å²) in [5, 5.41) is 8.61. The third kappa shape index (κ3) is 6.83. The predicted molar refractivity (Wildman–Crippen MR) is 267 cm³/mol. The van der Waals surface area contributed by atoms with Crippen LogP contribution in [-0.4, -0.2) is 14.2 Å². The molecule has 2 aromatic heterocycles. The molecule has 0 amide bonds. The van der Waals surface area contributed by atoms with Crippen molar-refractivity contribution < 1.29 is 18.3 Å². The van der Waals surface area contributed by atoms with Gasteiger partial charge in [0.2, 0.25) is 0 Å². The van der Waals surface area contributed by atoms with Crippen LogP contribution in [0.1, 0.15) is 50.7 Å². The number of fused-ring (bicyclic) bond motifs is 8. The van der Waals surface area contributed by atoms with Crippen LogP contribution in [-0.2, 0) is 0 Å². The van der Waals surface area contributed by atoms with Crippen LogP contribution >= 0.6 is 0 Å². The Labute approximate surface area is 372 Å². The zero-order valence-corrected chi connectivity index (χ0v) is 36.8. The van der Waals surface area contributed by atoms with Crippen LogP contribution in [0, 0.1) is 0 Å². The Morgan fingerprint density at radius 1 is 0.344 bits per heavy atom. The number of hydrogen-bond acceptors (Lipinski definition) is 6. The number of nitrogens with zero attached hydrogens (tertiary/aromatic N) is 2. The van der Waals surface area contributed by atoms with Crippen molar-refractivity contribution in [1.82, 2.24) is 0 Å². The lowest BCUT2D eigenvalue weighted by Crippen LogP contribution is -2.10. The van der Waals surface area contributed by atoms with Gasteiger partial charge >= 0.3 is 0 Å². The number of furan rings is 2. The maximum absolute atomic E-state index is 6.69. The molecule has 0 aliphatic rings. The summed E-state index contributed by atoms with van der Waals surface area (Å²) in [6, 6.07) is 60.5. The number of benzene rings is 9. The molecule has 0 saturated carbocycles. The minimum atomic E-state index is 0.449. The molecule has 6 heteroatoms. The van der Waals surface area contributed by atoms with Gasteiger partial charge in [0.1, 0.15) is 33.8 Å². The Hall–Kier alpha value is -7.70. The fourth-order valence-electron chi connectivity index (χ4n) is 9.19. The van der Waals surface area contributed by atoms with Crippen LogP contribution in [0.3, 0.4) is 0 Å². The van der Waals surface area contributed by atoms with E-state index in [1.165, 1.54) is 11.1 Å². The van der Waals surface area contributed by atoms with Crippen molar-refractivity contribution in [3.63, 3.8) is 0 Å². The van der Waals surface area contributed by atoms with Gasteiger partial charge in [-0.15, -0.1) is 0 Å². The van der Waals surface area contributed by atoms with E-state index < -0.39 is 0 Å². The molecule has 0 unspecified atom stereocenters. The zero-order chi connectivity index (χ0) is 43.6. The lowest BCUT2D eigenvalue weighted by molar-refractivity contribution is 0.415. The molecule has 11 rings (SSSR count). The van der Waals surface area contributed by atoms with Crippen LogP contribution in [0.4, 0.5) is 34.1 Å². The first kappa shape index (κ1) is 39.2. The van der Waals surface area contributed by atoms with Gasteiger partial charge in [0.25, 0.3) is 0 Å². The fourth-order valence-corrected chi connectivity index (χ4v) is 9.19. The SMILES string of the molecule is COc1cccc(N(c2ccc(C(C)C)cc2)c2ccc3cc4c(cc3c2)oc2cc3c(cc24)oc2cc4cc(N(c5ccc(C(C)C)cc5)c5cccc(OC)c5)ccc4cc23)c1. The molecule has 9 aromatic carbocycles. The van der Waals surface area contributed by atoms with Crippen LogP contribution in [0.15, 0.2) is 179 Å². The average Bonchev–Trinajstić information content (AvgIpc) is 3.85. The second kappa shape index (κ2) is 15.6. The van der Waals surface area contributed by atoms with Crippen molar-refractivity contribution in [2.24, 2.45) is 0 Å². The van der Waals surface area contributed by atoms with E-state index in [0.717, 1.165) is 111 Å². The second-order valence-electron chi connectivity index (χ2n) is 17.4. The highest BCUT2D eigenvalue weighted by atomic mass is 16.5. The first-order valence-electron chi connectivity index (χ1n) is 22.0. The normalized spacial score (nSPS) is 11.9. The lowest BCUT2D eigenvalue weighted by atomic mass is 10.0. The van der Waals surface area contributed by atoms with E-state index in [9.17, 15) is 0 Å². The Morgan fingerprint density at radius 3 is 1.09 bits per heavy atom. The molecule has 2 heterocycles. The predicted octanol–water partition coefficient (Wildman–Crippen LogP) is 17.0. The van der Waals surface area contributed by atoms with Gasteiger partial charge in [0, 0.05) is 67.8 Å². The zero-order valence-electron chi connectivity index (χ0n) is 36.8. The van der Waals surface area contributed by atoms with E-state index in [2.05, 4.69) is 183 Å². The van der Waals surface area contributed by atoms with E-state index in [-0.39, 0.29) is 0 Å². The van der Waals surface area contributed by atoms with Gasteiger partial charge in [-0.25, -0.2) is 0 Å². The third-order valence-corrected chi connectivity index (χ3v) is 12.7. The van der Waals surface area contributed by atoms with E-state index in [4.69, 9.17) is 18.3 Å². The van der Waals surface area contributed by atoms with Crippen LogP contribution in [0.25, 0.3) is 65.4 Å². The highest BCUT2D eigenvalue weighted by Crippen LogP contribution is 2.43. The largest absolute Gasteiger partial charge is 0.497 e. The first-order valence-corrected chi connectivity index (χ1v) is 22.0. The molecular weight excluding hydrogens is 789 g/mol. The fraction of sp³-hybridized carbons (Fsp3) is 0.138. The molecule has 0 fully saturated rings. The lowest BCUT2D eigenvalue weighted by Gasteiger charge is -2.26. The van der Waals surface area contributed by atoms with Crippen molar-refractivity contribution in [3.05, 3.63) is 181 Å². The van der Waals surface area contributed by atoms with E-state index >= 15 is 0 Å². The Kier molecular flexibility index (Phi) is 9.54. The summed E-state index contributed by atoms with van der Waals surface area (Å²) < 4.78 is 24.7. The molecule has 64 heavy (non-hydrogen) atoms. The van der Waals surface area contributed by atoms with E-state index in [1.54, 1.807) is 14.2 Å². The van der Waals surface area contributed by atoms with Crippen molar-refractivity contribution in [1.29, 1.82) is 0 Å². The Morgan fingerprint density at radius 2 is 0.703 bits per heavy atom. The molecule has 0 radical (unpaired) electrons. The molecule has 11 aromatic rings. The maximum atomic E-state index is 6.69. The summed E-state index contributed by atoms with van der Waals surface area (Å²) in [7, 11) is 3.41. The summed E-state index contributed by atoms with van der Waals surface area (Å²) in [5.74, 6) is 2.51. The van der Waals surface area contributed by atoms with Gasteiger partial charge in [-0.3, -0.25) is 0 Å². The molecule has 0 atom stereocenters. The van der Waals surface area contributed by atoms with Crippen LogP contribution in [0.5, 0.6) is 11.5 Å². The quantitative estimate of drug-likeness (QED) is 0.137. The Balaban J connectivity index is 0.984. The number of methoxy groups -OCH3 is 2. The molecular formula is C58H48N2O4. The molecule has 0 spiro atoms. The second-order valence-corrected chi connectivity index (χ2v) is 17.4.